The Balaban J connectivity index is 2.00. The van der Waals surface area contributed by atoms with E-state index in [-0.39, 0.29) is 11.9 Å². The number of rotatable bonds is 5. The number of carbonyl (C=O) groups is 1. The van der Waals surface area contributed by atoms with Crippen LogP contribution in [0.25, 0.3) is 16.8 Å². The zero-order valence-corrected chi connectivity index (χ0v) is 16.1. The molecule has 0 atom stereocenters. The summed E-state index contributed by atoms with van der Waals surface area (Å²) in [6.45, 7) is 10.0. The molecule has 0 unspecified atom stereocenters. The summed E-state index contributed by atoms with van der Waals surface area (Å²) in [6, 6.07) is 10.4. The molecule has 3 aromatic rings. The Morgan fingerprint density at radius 1 is 1.12 bits per heavy atom. The van der Waals surface area contributed by atoms with Gasteiger partial charge in [0.2, 0.25) is 5.91 Å². The first-order valence-corrected chi connectivity index (χ1v) is 9.08. The van der Waals surface area contributed by atoms with Gasteiger partial charge in [0.15, 0.2) is 5.65 Å². The van der Waals surface area contributed by atoms with Crippen molar-refractivity contribution in [1.82, 2.24) is 19.9 Å². The molecular weight excluding hydrogens is 324 g/mol. The van der Waals surface area contributed by atoms with Gasteiger partial charge in [-0.1, -0.05) is 30.3 Å². The third-order valence-electron chi connectivity index (χ3n) is 4.62. The molecule has 5 nitrogen and oxygen atoms in total. The van der Waals surface area contributed by atoms with E-state index in [4.69, 9.17) is 10.1 Å². The summed E-state index contributed by atoms with van der Waals surface area (Å²) in [5, 5.41) is 7.66. The molecule has 3 rings (SSSR count). The Labute approximate surface area is 154 Å². The summed E-state index contributed by atoms with van der Waals surface area (Å²) in [5.41, 5.74) is 7.13. The number of hydrogen-bond acceptors (Lipinski definition) is 3. The lowest BCUT2D eigenvalue weighted by atomic mass is 10.0. The van der Waals surface area contributed by atoms with Gasteiger partial charge >= 0.3 is 0 Å². The van der Waals surface area contributed by atoms with E-state index in [0.29, 0.717) is 12.8 Å². The molecule has 2 aromatic heterocycles. The van der Waals surface area contributed by atoms with E-state index in [1.807, 2.05) is 50.4 Å². The first-order valence-electron chi connectivity index (χ1n) is 9.08. The molecule has 0 bridgehead atoms. The molecule has 0 saturated heterocycles. The average Bonchev–Trinajstić information content (AvgIpc) is 2.91. The highest BCUT2D eigenvalue weighted by atomic mass is 16.1. The van der Waals surface area contributed by atoms with Crippen LogP contribution < -0.4 is 5.32 Å². The van der Waals surface area contributed by atoms with Gasteiger partial charge in [0.25, 0.3) is 0 Å². The van der Waals surface area contributed by atoms with Gasteiger partial charge in [-0.25, -0.2) is 9.50 Å². The van der Waals surface area contributed by atoms with Crippen LogP contribution in [0.5, 0.6) is 0 Å². The predicted molar refractivity (Wildman–Crippen MR) is 104 cm³/mol. The maximum Gasteiger partial charge on any atom is 0.220 e. The standard InChI is InChI=1S/C21H26N4O/c1-13(2)22-19(26)12-11-18-14(3)23-21-20(17-9-7-6-8-10-17)15(4)24-25(21)16(18)5/h6-10,13H,11-12H2,1-5H3,(H,22,26). The third kappa shape index (κ3) is 3.47. The van der Waals surface area contributed by atoms with E-state index in [2.05, 4.69) is 24.4 Å². The maximum atomic E-state index is 12.0. The molecule has 1 N–H and O–H groups in total. The highest BCUT2D eigenvalue weighted by molar-refractivity contribution is 5.80. The molecule has 136 valence electrons. The fourth-order valence-corrected chi connectivity index (χ4v) is 3.41. The van der Waals surface area contributed by atoms with E-state index >= 15 is 0 Å². The van der Waals surface area contributed by atoms with Crippen molar-refractivity contribution >= 4 is 11.6 Å². The zero-order chi connectivity index (χ0) is 18.8. The van der Waals surface area contributed by atoms with Crippen LogP contribution in [0.2, 0.25) is 0 Å². The molecule has 0 aliphatic rings. The minimum absolute atomic E-state index is 0.0699. The van der Waals surface area contributed by atoms with Gasteiger partial charge in [-0.05, 0) is 52.2 Å². The van der Waals surface area contributed by atoms with Gasteiger partial charge in [0.05, 0.1) is 5.69 Å². The molecule has 0 aliphatic carbocycles. The molecular formula is C21H26N4O. The maximum absolute atomic E-state index is 12.0. The first kappa shape index (κ1) is 18.1. The van der Waals surface area contributed by atoms with Crippen LogP contribution in [0, 0.1) is 20.8 Å². The second-order valence-electron chi connectivity index (χ2n) is 7.05. The van der Waals surface area contributed by atoms with E-state index < -0.39 is 0 Å². The lowest BCUT2D eigenvalue weighted by Crippen LogP contribution is -2.30. The van der Waals surface area contributed by atoms with Gasteiger partial charge < -0.3 is 5.32 Å². The van der Waals surface area contributed by atoms with Crippen LogP contribution in [0.3, 0.4) is 0 Å². The number of benzene rings is 1. The summed E-state index contributed by atoms with van der Waals surface area (Å²) >= 11 is 0. The van der Waals surface area contributed by atoms with Crippen LogP contribution >= 0.6 is 0 Å². The largest absolute Gasteiger partial charge is 0.354 e. The number of carbonyl (C=O) groups excluding carboxylic acids is 1. The molecule has 0 aliphatic heterocycles. The predicted octanol–water partition coefficient (Wildman–Crippen LogP) is 3.78. The molecule has 0 radical (unpaired) electrons. The first-order chi connectivity index (χ1) is 12.4. The van der Waals surface area contributed by atoms with Gasteiger partial charge in [-0.15, -0.1) is 0 Å². The Morgan fingerprint density at radius 2 is 1.81 bits per heavy atom. The van der Waals surface area contributed by atoms with Crippen LogP contribution in [0.1, 0.15) is 42.9 Å². The van der Waals surface area contributed by atoms with Crippen molar-refractivity contribution in [2.24, 2.45) is 0 Å². The molecule has 0 saturated carbocycles. The lowest BCUT2D eigenvalue weighted by molar-refractivity contribution is -0.121. The number of hydrogen-bond donors (Lipinski definition) is 1. The van der Waals surface area contributed by atoms with Gasteiger partial charge in [-0.2, -0.15) is 5.10 Å². The summed E-state index contributed by atoms with van der Waals surface area (Å²) < 4.78 is 1.92. The zero-order valence-electron chi connectivity index (χ0n) is 16.1. The minimum atomic E-state index is 0.0699. The highest BCUT2D eigenvalue weighted by Crippen LogP contribution is 2.29. The summed E-state index contributed by atoms with van der Waals surface area (Å²) in [6.07, 6.45) is 1.12. The van der Waals surface area contributed by atoms with Gasteiger partial charge in [0, 0.05) is 29.4 Å². The fraction of sp³-hybridized carbons (Fsp3) is 0.381. The second kappa shape index (κ2) is 7.28. The van der Waals surface area contributed by atoms with Gasteiger partial charge in [0.1, 0.15) is 0 Å². The van der Waals surface area contributed by atoms with Crippen molar-refractivity contribution in [3.8, 4) is 11.1 Å². The van der Waals surface area contributed by atoms with Crippen LogP contribution in [0.15, 0.2) is 30.3 Å². The number of aryl methyl sites for hydroxylation is 3. The van der Waals surface area contributed by atoms with E-state index in [1.165, 1.54) is 0 Å². The van der Waals surface area contributed by atoms with Crippen LogP contribution in [-0.2, 0) is 11.2 Å². The highest BCUT2D eigenvalue weighted by Gasteiger charge is 2.18. The fourth-order valence-electron chi connectivity index (χ4n) is 3.41. The molecule has 26 heavy (non-hydrogen) atoms. The lowest BCUT2D eigenvalue weighted by Gasteiger charge is -2.12. The molecule has 5 heteroatoms. The third-order valence-corrected chi connectivity index (χ3v) is 4.62. The Morgan fingerprint density at radius 3 is 2.46 bits per heavy atom. The molecule has 1 amide bonds. The van der Waals surface area contributed by atoms with Crippen molar-refractivity contribution in [1.29, 1.82) is 0 Å². The molecule has 2 heterocycles. The Hall–Kier alpha value is -2.69. The number of aromatic nitrogens is 3. The van der Waals surface area contributed by atoms with Gasteiger partial charge in [-0.3, -0.25) is 4.79 Å². The van der Waals surface area contributed by atoms with E-state index in [1.54, 1.807) is 0 Å². The Bertz CT molecular complexity index is 942. The Kier molecular flexibility index (Phi) is 5.07. The van der Waals surface area contributed by atoms with Crippen LogP contribution in [-0.4, -0.2) is 26.5 Å². The number of amides is 1. The van der Waals surface area contributed by atoms with Crippen LogP contribution in [0.4, 0.5) is 0 Å². The minimum Gasteiger partial charge on any atom is -0.354 e. The quantitative estimate of drug-likeness (QED) is 0.762. The van der Waals surface area contributed by atoms with Crippen molar-refractivity contribution in [2.75, 3.05) is 0 Å². The summed E-state index contributed by atoms with van der Waals surface area (Å²) in [7, 11) is 0. The van der Waals surface area contributed by atoms with E-state index in [0.717, 1.165) is 39.4 Å². The van der Waals surface area contributed by atoms with Crippen molar-refractivity contribution < 1.29 is 4.79 Å². The SMILES string of the molecule is Cc1nc2c(-c3ccccc3)c(C)nn2c(C)c1CCC(=O)NC(C)C. The summed E-state index contributed by atoms with van der Waals surface area (Å²) in [5.74, 6) is 0.0699. The van der Waals surface area contributed by atoms with Crippen molar-refractivity contribution in [2.45, 2.75) is 53.5 Å². The summed E-state index contributed by atoms with van der Waals surface area (Å²) in [4.78, 5) is 16.8. The van der Waals surface area contributed by atoms with E-state index in [9.17, 15) is 4.79 Å². The number of nitrogens with zero attached hydrogens (tertiary/aromatic N) is 3. The van der Waals surface area contributed by atoms with Crippen molar-refractivity contribution in [3.05, 3.63) is 53.0 Å². The van der Waals surface area contributed by atoms with Crippen molar-refractivity contribution in [3.63, 3.8) is 0 Å². The topological polar surface area (TPSA) is 59.3 Å². The monoisotopic (exact) mass is 350 g/mol. The number of nitrogens with one attached hydrogen (secondary N) is 1. The number of fused-ring (bicyclic) bond motifs is 1. The molecule has 0 spiro atoms. The normalized spacial score (nSPS) is 11.3. The average molecular weight is 350 g/mol. The molecule has 1 aromatic carbocycles. The molecule has 0 fully saturated rings. The smallest absolute Gasteiger partial charge is 0.220 e. The second-order valence-corrected chi connectivity index (χ2v) is 7.05.